The van der Waals surface area contributed by atoms with Crippen LogP contribution in [0.1, 0.15) is 128 Å². The molecular weight excluding hydrogens is 532 g/mol. The molecule has 0 unspecified atom stereocenters. The van der Waals surface area contributed by atoms with Crippen LogP contribution in [0.5, 0.6) is 0 Å². The minimum absolute atomic E-state index is 0.129. The Morgan fingerprint density at radius 3 is 1.40 bits per heavy atom. The van der Waals surface area contributed by atoms with E-state index in [1.165, 1.54) is 85.8 Å². The van der Waals surface area contributed by atoms with Crippen molar-refractivity contribution in [3.05, 3.63) is 89.5 Å². The maximum absolute atomic E-state index is 13.4. The average Bonchev–Trinajstić information content (AvgIpc) is 3.03. The summed E-state index contributed by atoms with van der Waals surface area (Å²) in [6.07, 6.45) is 18.4. The minimum atomic E-state index is -2.29. The first kappa shape index (κ1) is 34.0. The Labute approximate surface area is 259 Å². The maximum atomic E-state index is 13.4. The van der Waals surface area contributed by atoms with Gasteiger partial charge in [-0.25, -0.2) is 0 Å². The SMILES string of the molecule is CCCCCCc1cc(CCCCCC)c(S(OC(=O)CC)(c2ccccc2)c2ccccc2)c(CCCCCC)c1. The van der Waals surface area contributed by atoms with E-state index in [-0.39, 0.29) is 5.97 Å². The van der Waals surface area contributed by atoms with Gasteiger partial charge in [0.05, 0.1) is 0 Å². The molecule has 3 rings (SSSR count). The van der Waals surface area contributed by atoms with Crippen LogP contribution < -0.4 is 0 Å². The molecule has 0 spiro atoms. The number of carbonyl (C=O) groups is 1. The molecule has 0 amide bonds. The van der Waals surface area contributed by atoms with Gasteiger partial charge in [0, 0.05) is 21.1 Å². The fourth-order valence-electron chi connectivity index (χ4n) is 5.88. The molecule has 0 saturated carbocycles. The van der Waals surface area contributed by atoms with Gasteiger partial charge in [-0.1, -0.05) is 134 Å². The van der Waals surface area contributed by atoms with Crippen molar-refractivity contribution in [3.8, 4) is 0 Å². The molecule has 0 heterocycles. The van der Waals surface area contributed by atoms with Crippen LogP contribution in [-0.4, -0.2) is 5.97 Å². The standard InChI is InChI=1S/C39H56O2S/c1-5-9-12-17-24-33-31-34(25-18-13-10-6-2)39(35(32-33)26-19-14-11-7-3)42(41-38(40)8-4,36-27-20-15-21-28-36)37-29-22-16-23-30-37/h15-16,20-23,27-32H,5-14,17-19,24-26H2,1-4H3. The van der Waals surface area contributed by atoms with Gasteiger partial charge in [-0.2, -0.15) is 0 Å². The molecule has 0 bridgehead atoms. The summed E-state index contributed by atoms with van der Waals surface area (Å²) in [5.74, 6) is -0.129. The van der Waals surface area contributed by atoms with Gasteiger partial charge in [-0.05, 0) is 89.8 Å². The van der Waals surface area contributed by atoms with E-state index < -0.39 is 10.3 Å². The molecule has 0 radical (unpaired) electrons. The second kappa shape index (κ2) is 18.9. The maximum Gasteiger partial charge on any atom is 0.316 e. The molecule has 230 valence electrons. The molecule has 3 aromatic carbocycles. The first-order valence-electron chi connectivity index (χ1n) is 16.9. The van der Waals surface area contributed by atoms with Crippen molar-refractivity contribution in [3.63, 3.8) is 0 Å². The lowest BCUT2D eigenvalue weighted by molar-refractivity contribution is -0.133. The van der Waals surface area contributed by atoms with Crippen molar-refractivity contribution in [2.75, 3.05) is 0 Å². The molecule has 42 heavy (non-hydrogen) atoms. The summed E-state index contributed by atoms with van der Waals surface area (Å²) in [6, 6.07) is 26.3. The molecular formula is C39H56O2S. The Kier molecular flexibility index (Phi) is 15.3. The number of unbranched alkanes of at least 4 members (excludes halogenated alkanes) is 9. The summed E-state index contributed by atoms with van der Waals surface area (Å²) in [5, 5.41) is 0. The van der Waals surface area contributed by atoms with E-state index in [2.05, 4.69) is 93.6 Å². The van der Waals surface area contributed by atoms with Crippen molar-refractivity contribution in [1.82, 2.24) is 0 Å². The van der Waals surface area contributed by atoms with Crippen molar-refractivity contribution in [2.24, 2.45) is 0 Å². The number of carbonyl (C=O) groups excluding carboxylic acids is 1. The molecule has 0 fully saturated rings. The summed E-state index contributed by atoms with van der Waals surface area (Å²) in [7, 11) is -2.29. The molecule has 0 aliphatic heterocycles. The van der Waals surface area contributed by atoms with Crippen molar-refractivity contribution >= 4 is 16.3 Å². The third-order valence-corrected chi connectivity index (χ3v) is 11.6. The lowest BCUT2D eigenvalue weighted by Crippen LogP contribution is -2.17. The predicted octanol–water partition coefficient (Wildman–Crippen LogP) is 12.2. The Morgan fingerprint density at radius 1 is 0.571 bits per heavy atom. The van der Waals surface area contributed by atoms with Crippen molar-refractivity contribution in [2.45, 2.75) is 145 Å². The lowest BCUT2D eigenvalue weighted by Gasteiger charge is -2.42. The fraction of sp³-hybridized carbons (Fsp3) is 0.513. The Hall–Kier alpha value is -2.52. The van der Waals surface area contributed by atoms with Crippen LogP contribution in [0.25, 0.3) is 0 Å². The summed E-state index contributed by atoms with van der Waals surface area (Å²) >= 11 is 0. The van der Waals surface area contributed by atoms with Crippen LogP contribution in [0.15, 0.2) is 87.5 Å². The third kappa shape index (κ3) is 9.49. The van der Waals surface area contributed by atoms with E-state index in [1.54, 1.807) is 0 Å². The van der Waals surface area contributed by atoms with Crippen LogP contribution in [-0.2, 0) is 28.2 Å². The molecule has 0 aliphatic carbocycles. The molecule has 0 aromatic heterocycles. The highest BCUT2D eigenvalue weighted by atomic mass is 32.3. The zero-order valence-corrected chi connectivity index (χ0v) is 27.8. The van der Waals surface area contributed by atoms with Gasteiger partial charge in [-0.15, -0.1) is 0 Å². The molecule has 3 heteroatoms. The monoisotopic (exact) mass is 588 g/mol. The normalized spacial score (nSPS) is 11.9. The smallest absolute Gasteiger partial charge is 0.316 e. The van der Waals surface area contributed by atoms with Crippen molar-refractivity contribution < 1.29 is 8.98 Å². The lowest BCUT2D eigenvalue weighted by atomic mass is 9.95. The van der Waals surface area contributed by atoms with E-state index in [0.29, 0.717) is 6.42 Å². The Balaban J connectivity index is 2.32. The van der Waals surface area contributed by atoms with E-state index in [9.17, 15) is 4.79 Å². The van der Waals surface area contributed by atoms with Crippen LogP contribution in [0.3, 0.4) is 0 Å². The van der Waals surface area contributed by atoms with Gasteiger partial charge >= 0.3 is 5.97 Å². The Morgan fingerprint density at radius 2 is 1.00 bits per heavy atom. The fourth-order valence-corrected chi connectivity index (χ4v) is 9.44. The quantitative estimate of drug-likeness (QED) is 0.123. The number of rotatable bonds is 20. The summed E-state index contributed by atoms with van der Waals surface area (Å²) in [6.45, 7) is 8.76. The van der Waals surface area contributed by atoms with Crippen LogP contribution in [0, 0.1) is 0 Å². The Bertz CT molecular complexity index is 1100. The highest BCUT2D eigenvalue weighted by Crippen LogP contribution is 2.71. The number of benzene rings is 3. The largest absolute Gasteiger partial charge is 0.402 e. The molecule has 0 aliphatic rings. The van der Waals surface area contributed by atoms with Gasteiger partial charge in [0.25, 0.3) is 0 Å². The van der Waals surface area contributed by atoms with Gasteiger partial charge in [-0.3, -0.25) is 4.79 Å². The summed E-state index contributed by atoms with van der Waals surface area (Å²) in [5.41, 5.74) is 4.26. The summed E-state index contributed by atoms with van der Waals surface area (Å²) < 4.78 is 6.88. The predicted molar refractivity (Wildman–Crippen MR) is 182 cm³/mol. The van der Waals surface area contributed by atoms with Crippen LogP contribution >= 0.6 is 10.3 Å². The number of hydrogen-bond acceptors (Lipinski definition) is 2. The van der Waals surface area contributed by atoms with E-state index in [0.717, 1.165) is 41.9 Å². The topological polar surface area (TPSA) is 26.3 Å². The zero-order chi connectivity index (χ0) is 30.0. The number of hydrogen-bond donors (Lipinski definition) is 0. The number of aryl methyl sites for hydroxylation is 3. The molecule has 0 atom stereocenters. The first-order valence-corrected chi connectivity index (χ1v) is 18.5. The second-order valence-corrected chi connectivity index (χ2v) is 14.3. The van der Waals surface area contributed by atoms with Gasteiger partial charge < -0.3 is 4.18 Å². The van der Waals surface area contributed by atoms with E-state index >= 15 is 0 Å². The van der Waals surface area contributed by atoms with Crippen molar-refractivity contribution in [1.29, 1.82) is 0 Å². The zero-order valence-electron chi connectivity index (χ0n) is 27.0. The summed E-state index contributed by atoms with van der Waals surface area (Å²) in [4.78, 5) is 17.0. The molecule has 3 aromatic rings. The molecule has 0 saturated heterocycles. The van der Waals surface area contributed by atoms with Gasteiger partial charge in [0.15, 0.2) is 0 Å². The molecule has 2 nitrogen and oxygen atoms in total. The second-order valence-electron chi connectivity index (χ2n) is 11.7. The van der Waals surface area contributed by atoms with Gasteiger partial charge in [0.1, 0.15) is 0 Å². The van der Waals surface area contributed by atoms with Crippen LogP contribution in [0.2, 0.25) is 0 Å². The van der Waals surface area contributed by atoms with Gasteiger partial charge in [0.2, 0.25) is 0 Å². The van der Waals surface area contributed by atoms with E-state index in [1.807, 2.05) is 6.92 Å². The highest BCUT2D eigenvalue weighted by molar-refractivity contribution is 8.30. The third-order valence-electron chi connectivity index (χ3n) is 8.17. The molecule has 0 N–H and O–H groups in total. The van der Waals surface area contributed by atoms with E-state index in [4.69, 9.17) is 4.18 Å². The average molecular weight is 589 g/mol. The minimum Gasteiger partial charge on any atom is -0.402 e. The van der Waals surface area contributed by atoms with Crippen LogP contribution in [0.4, 0.5) is 0 Å². The first-order chi connectivity index (χ1) is 20.6. The highest BCUT2D eigenvalue weighted by Gasteiger charge is 2.39.